The van der Waals surface area contributed by atoms with Crippen molar-refractivity contribution in [3.63, 3.8) is 0 Å². The molecule has 1 saturated carbocycles. The molecule has 0 unspecified atom stereocenters. The minimum Gasteiger partial charge on any atom is -0.340 e. The van der Waals surface area contributed by atoms with Crippen LogP contribution in [0.2, 0.25) is 5.02 Å². The summed E-state index contributed by atoms with van der Waals surface area (Å²) in [6, 6.07) is 10.9. The van der Waals surface area contributed by atoms with Crippen molar-refractivity contribution in [2.75, 3.05) is 39.3 Å². The number of hydrazine groups is 1. The fourth-order valence-electron chi connectivity index (χ4n) is 5.09. The van der Waals surface area contributed by atoms with E-state index in [0.29, 0.717) is 37.2 Å². The number of amides is 1. The van der Waals surface area contributed by atoms with Gasteiger partial charge in [0.05, 0.1) is 24.3 Å². The van der Waals surface area contributed by atoms with Crippen LogP contribution in [0.4, 0.5) is 0 Å². The number of hydrogen-bond acceptors (Lipinski definition) is 6. The second-order valence-electron chi connectivity index (χ2n) is 9.28. The fourth-order valence-corrected chi connectivity index (χ4v) is 6.73. The van der Waals surface area contributed by atoms with E-state index in [4.69, 9.17) is 11.6 Å². The maximum atomic E-state index is 13.2. The topological polar surface area (TPSA) is 85.3 Å². The standard InChI is InChI=1S/C24H30ClN5O3S.ClH/c25-21-5-1-20-16-23(8-4-19(20)15-21)34(32,33)30-13-11-28(12-14-30)24(31)18-2-6-22(7-3-18)27-29-10-9-26-17-29;/h1,4-5,8,15-18,22,27H,2-3,6-7,9-14H2;1H/t18-,22-;. The minimum atomic E-state index is -3.62. The number of piperazine rings is 1. The Morgan fingerprint density at radius 1 is 0.943 bits per heavy atom. The van der Waals surface area contributed by atoms with E-state index < -0.39 is 10.0 Å². The number of rotatable bonds is 5. The van der Waals surface area contributed by atoms with Gasteiger partial charge in [0.1, 0.15) is 0 Å². The van der Waals surface area contributed by atoms with Crippen molar-refractivity contribution >= 4 is 57.0 Å². The number of aliphatic imine (C=N–C) groups is 1. The van der Waals surface area contributed by atoms with Crippen molar-refractivity contribution in [2.45, 2.75) is 36.6 Å². The molecule has 0 radical (unpaired) electrons. The number of nitrogens with zero attached hydrogens (tertiary/aromatic N) is 4. The maximum Gasteiger partial charge on any atom is 0.243 e. The van der Waals surface area contributed by atoms with E-state index in [-0.39, 0.29) is 29.1 Å². The first-order valence-electron chi connectivity index (χ1n) is 11.9. The third-order valence-corrected chi connectivity index (χ3v) is 9.21. The van der Waals surface area contributed by atoms with Crippen LogP contribution in [-0.4, -0.2) is 80.2 Å². The fraction of sp³-hybridized carbons (Fsp3) is 0.500. The SMILES string of the molecule is Cl.O=C([C@H]1CC[C@H](NN2C=NCC2)CC1)N1CCN(S(=O)(=O)c2ccc3cc(Cl)ccc3c2)CC1. The molecular weight excluding hydrogens is 509 g/mol. The number of halogens is 2. The summed E-state index contributed by atoms with van der Waals surface area (Å²) in [7, 11) is -3.62. The molecule has 2 fully saturated rings. The van der Waals surface area contributed by atoms with Crippen LogP contribution in [0.15, 0.2) is 46.3 Å². The molecule has 3 aliphatic rings. The van der Waals surface area contributed by atoms with E-state index in [1.165, 1.54) is 4.31 Å². The van der Waals surface area contributed by atoms with Gasteiger partial charge in [0.15, 0.2) is 0 Å². The summed E-state index contributed by atoms with van der Waals surface area (Å²) in [5.74, 6) is 0.196. The number of fused-ring (bicyclic) bond motifs is 1. The van der Waals surface area contributed by atoms with Gasteiger partial charge in [0.2, 0.25) is 15.9 Å². The summed E-state index contributed by atoms with van der Waals surface area (Å²) in [5, 5.41) is 4.40. The van der Waals surface area contributed by atoms with Gasteiger partial charge in [-0.3, -0.25) is 14.8 Å². The molecule has 11 heteroatoms. The van der Waals surface area contributed by atoms with E-state index in [1.807, 2.05) is 28.4 Å². The lowest BCUT2D eigenvalue weighted by molar-refractivity contribution is -0.138. The Morgan fingerprint density at radius 2 is 1.63 bits per heavy atom. The monoisotopic (exact) mass is 539 g/mol. The number of carbonyl (C=O) groups is 1. The van der Waals surface area contributed by atoms with Crippen LogP contribution in [0.3, 0.4) is 0 Å². The molecule has 0 atom stereocenters. The third-order valence-electron chi connectivity index (χ3n) is 7.08. The molecule has 2 heterocycles. The largest absolute Gasteiger partial charge is 0.340 e. The van der Waals surface area contributed by atoms with E-state index >= 15 is 0 Å². The lowest BCUT2D eigenvalue weighted by Gasteiger charge is -2.38. The summed E-state index contributed by atoms with van der Waals surface area (Å²) >= 11 is 6.04. The van der Waals surface area contributed by atoms with Gasteiger partial charge < -0.3 is 4.90 Å². The van der Waals surface area contributed by atoms with E-state index in [9.17, 15) is 13.2 Å². The lowest BCUT2D eigenvalue weighted by Crippen LogP contribution is -2.52. The van der Waals surface area contributed by atoms with Crippen LogP contribution in [0.25, 0.3) is 10.8 Å². The summed E-state index contributed by atoms with van der Waals surface area (Å²) < 4.78 is 28.0. The smallest absolute Gasteiger partial charge is 0.243 e. The predicted molar refractivity (Wildman–Crippen MR) is 140 cm³/mol. The average Bonchev–Trinajstić information content (AvgIpc) is 3.37. The van der Waals surface area contributed by atoms with Crippen molar-refractivity contribution in [3.8, 4) is 0 Å². The molecule has 8 nitrogen and oxygen atoms in total. The number of benzene rings is 2. The van der Waals surface area contributed by atoms with Gasteiger partial charge in [0, 0.05) is 43.2 Å². The molecule has 2 aliphatic heterocycles. The van der Waals surface area contributed by atoms with Crippen molar-refractivity contribution < 1.29 is 13.2 Å². The molecular formula is C24H31Cl2N5O3S. The van der Waals surface area contributed by atoms with Gasteiger partial charge in [-0.1, -0.05) is 23.7 Å². The molecule has 0 bridgehead atoms. The molecule has 0 aromatic heterocycles. The highest BCUT2D eigenvalue weighted by molar-refractivity contribution is 7.89. The minimum absolute atomic E-state index is 0. The zero-order chi connectivity index (χ0) is 23.7. The second kappa shape index (κ2) is 11.0. The van der Waals surface area contributed by atoms with Gasteiger partial charge in [-0.05, 0) is 60.7 Å². The van der Waals surface area contributed by atoms with E-state index in [2.05, 4.69) is 10.4 Å². The Hall–Kier alpha value is -1.91. The lowest BCUT2D eigenvalue weighted by atomic mass is 9.85. The van der Waals surface area contributed by atoms with Crippen LogP contribution >= 0.6 is 24.0 Å². The molecule has 1 aliphatic carbocycles. The van der Waals surface area contributed by atoms with Gasteiger partial charge in [-0.25, -0.2) is 13.8 Å². The Labute approximate surface area is 217 Å². The zero-order valence-electron chi connectivity index (χ0n) is 19.5. The second-order valence-corrected chi connectivity index (χ2v) is 11.6. The summed E-state index contributed by atoms with van der Waals surface area (Å²) in [6.45, 7) is 3.24. The van der Waals surface area contributed by atoms with Crippen LogP contribution in [-0.2, 0) is 14.8 Å². The van der Waals surface area contributed by atoms with Crippen LogP contribution in [0, 0.1) is 5.92 Å². The van der Waals surface area contributed by atoms with Gasteiger partial charge in [-0.2, -0.15) is 4.31 Å². The first-order chi connectivity index (χ1) is 16.4. The number of nitrogens with one attached hydrogen (secondary N) is 1. The normalized spacial score (nSPS) is 23.5. The molecule has 5 rings (SSSR count). The van der Waals surface area contributed by atoms with Crippen molar-refractivity contribution in [2.24, 2.45) is 10.9 Å². The van der Waals surface area contributed by atoms with Crippen molar-refractivity contribution in [1.29, 1.82) is 0 Å². The van der Waals surface area contributed by atoms with E-state index in [1.54, 1.807) is 24.3 Å². The quantitative estimate of drug-likeness (QED) is 0.630. The summed E-state index contributed by atoms with van der Waals surface area (Å²) in [5.41, 5.74) is 3.49. The van der Waals surface area contributed by atoms with Gasteiger partial charge >= 0.3 is 0 Å². The molecule has 1 amide bonds. The van der Waals surface area contributed by atoms with Crippen molar-refractivity contribution in [1.82, 2.24) is 19.6 Å². The predicted octanol–water partition coefficient (Wildman–Crippen LogP) is 3.16. The third kappa shape index (κ3) is 5.75. The van der Waals surface area contributed by atoms with Crippen LogP contribution in [0.5, 0.6) is 0 Å². The number of carbonyl (C=O) groups excluding carboxylic acids is 1. The molecule has 1 saturated heterocycles. The molecule has 2 aromatic carbocycles. The maximum absolute atomic E-state index is 13.2. The average molecular weight is 541 g/mol. The first kappa shape index (κ1) is 26.2. The molecule has 190 valence electrons. The molecule has 2 aromatic rings. The highest BCUT2D eigenvalue weighted by atomic mass is 35.5. The molecule has 35 heavy (non-hydrogen) atoms. The Bertz CT molecular complexity index is 1190. The molecule has 1 N–H and O–H groups in total. The molecule has 0 spiro atoms. The Balaban J connectivity index is 0.00000289. The Morgan fingerprint density at radius 3 is 2.31 bits per heavy atom. The highest BCUT2D eigenvalue weighted by Gasteiger charge is 2.34. The van der Waals surface area contributed by atoms with Crippen molar-refractivity contribution in [3.05, 3.63) is 41.4 Å². The summed E-state index contributed by atoms with van der Waals surface area (Å²) in [6.07, 6.45) is 5.49. The van der Waals surface area contributed by atoms with E-state index in [0.717, 1.165) is 49.5 Å². The zero-order valence-corrected chi connectivity index (χ0v) is 21.9. The first-order valence-corrected chi connectivity index (χ1v) is 13.7. The van der Waals surface area contributed by atoms with Gasteiger partial charge in [-0.15, -0.1) is 12.4 Å². The number of sulfonamides is 1. The highest BCUT2D eigenvalue weighted by Crippen LogP contribution is 2.28. The van der Waals surface area contributed by atoms with Gasteiger partial charge in [0.25, 0.3) is 0 Å². The summed E-state index contributed by atoms with van der Waals surface area (Å²) in [4.78, 5) is 19.4. The van der Waals surface area contributed by atoms with Crippen LogP contribution in [0.1, 0.15) is 25.7 Å². The van der Waals surface area contributed by atoms with Crippen LogP contribution < -0.4 is 5.43 Å². The Kier molecular flexibility index (Phi) is 8.23. The number of hydrogen-bond donors (Lipinski definition) is 1.